The molecule has 32 heavy (non-hydrogen) atoms. The molecule has 174 valence electrons. The predicted molar refractivity (Wildman–Crippen MR) is 131 cm³/mol. The number of fused-ring (bicyclic) bond motifs is 1. The van der Waals surface area contributed by atoms with Crippen molar-refractivity contribution in [3.63, 3.8) is 0 Å². The van der Waals surface area contributed by atoms with Gasteiger partial charge in [-0.2, -0.15) is 0 Å². The highest BCUT2D eigenvalue weighted by atomic mass is 32.1. The fourth-order valence-electron chi connectivity index (χ4n) is 5.12. The molecule has 2 aromatic rings. The van der Waals surface area contributed by atoms with Crippen LogP contribution in [-0.2, 0) is 24.2 Å². The molecule has 2 saturated carbocycles. The highest BCUT2D eigenvalue weighted by molar-refractivity contribution is 7.15. The van der Waals surface area contributed by atoms with Gasteiger partial charge in [0.15, 0.2) is 5.13 Å². The van der Waals surface area contributed by atoms with Crippen molar-refractivity contribution >= 4 is 33.7 Å². The largest absolute Gasteiger partial charge is 0.359 e. The van der Waals surface area contributed by atoms with Gasteiger partial charge in [0.2, 0.25) is 5.91 Å². The number of hydrogen-bond acceptors (Lipinski definition) is 7. The maximum absolute atomic E-state index is 12.3. The van der Waals surface area contributed by atoms with Gasteiger partial charge in [0.05, 0.1) is 17.1 Å². The van der Waals surface area contributed by atoms with Crippen molar-refractivity contribution < 1.29 is 4.79 Å². The SMILES string of the molecule is Cc1ncc(CC(=O)N[C@H]2CC[C@H](CCN3CCc4sc(NC5CCC5)nc4C3)CC2)s1. The number of amides is 1. The van der Waals surface area contributed by atoms with Gasteiger partial charge < -0.3 is 10.6 Å². The minimum Gasteiger partial charge on any atom is -0.359 e. The zero-order valence-corrected chi connectivity index (χ0v) is 20.7. The minimum atomic E-state index is 0.149. The molecule has 6 nitrogen and oxygen atoms in total. The molecule has 2 fully saturated rings. The van der Waals surface area contributed by atoms with Crippen molar-refractivity contribution in [1.82, 2.24) is 20.2 Å². The summed E-state index contributed by atoms with van der Waals surface area (Å²) < 4.78 is 0. The van der Waals surface area contributed by atoms with Crippen LogP contribution in [0.5, 0.6) is 0 Å². The van der Waals surface area contributed by atoms with Gasteiger partial charge in [-0.25, -0.2) is 9.97 Å². The molecule has 8 heteroatoms. The molecule has 1 amide bonds. The quantitative estimate of drug-likeness (QED) is 0.589. The Morgan fingerprint density at radius 1 is 1.16 bits per heavy atom. The van der Waals surface area contributed by atoms with E-state index < -0.39 is 0 Å². The standard InChI is InChI=1S/C24H35N5OS2/c1-16-25-14-20(31-16)13-23(30)26-19-7-5-17(6-8-19)9-11-29-12-10-22-21(15-29)28-24(32-22)27-18-3-2-4-18/h14,17-19H,2-13,15H2,1H3,(H,26,30)(H,27,28)/t17-,19-. The topological polar surface area (TPSA) is 70.2 Å². The van der Waals surface area contributed by atoms with Crippen LogP contribution < -0.4 is 10.6 Å². The molecule has 2 N–H and O–H groups in total. The Morgan fingerprint density at radius 3 is 2.72 bits per heavy atom. The maximum Gasteiger partial charge on any atom is 0.225 e. The molecule has 0 radical (unpaired) electrons. The number of aryl methyl sites for hydroxylation is 1. The number of nitrogens with one attached hydrogen (secondary N) is 2. The van der Waals surface area contributed by atoms with E-state index in [0.717, 1.165) is 46.7 Å². The van der Waals surface area contributed by atoms with Crippen LogP contribution in [0.15, 0.2) is 6.20 Å². The van der Waals surface area contributed by atoms with E-state index in [9.17, 15) is 4.79 Å². The molecule has 2 aromatic heterocycles. The van der Waals surface area contributed by atoms with E-state index in [0.29, 0.717) is 18.5 Å². The van der Waals surface area contributed by atoms with E-state index in [1.807, 2.05) is 24.5 Å². The Morgan fingerprint density at radius 2 is 2.00 bits per heavy atom. The maximum atomic E-state index is 12.3. The monoisotopic (exact) mass is 473 g/mol. The third-order valence-electron chi connectivity index (χ3n) is 7.31. The molecule has 3 aliphatic rings. The Bertz CT molecular complexity index is 913. The summed E-state index contributed by atoms with van der Waals surface area (Å²) in [5.41, 5.74) is 1.31. The average molecular weight is 474 g/mol. The van der Waals surface area contributed by atoms with Crippen LogP contribution in [-0.4, -0.2) is 45.9 Å². The lowest BCUT2D eigenvalue weighted by molar-refractivity contribution is -0.121. The molecule has 0 atom stereocenters. The highest BCUT2D eigenvalue weighted by Crippen LogP contribution is 2.32. The Balaban J connectivity index is 1.01. The van der Waals surface area contributed by atoms with E-state index in [4.69, 9.17) is 4.98 Å². The van der Waals surface area contributed by atoms with Crippen LogP contribution in [0.4, 0.5) is 5.13 Å². The van der Waals surface area contributed by atoms with Crippen molar-refractivity contribution in [2.45, 2.75) is 89.8 Å². The van der Waals surface area contributed by atoms with Crippen LogP contribution >= 0.6 is 22.7 Å². The third kappa shape index (κ3) is 5.69. The fraction of sp³-hybridized carbons (Fsp3) is 0.708. The second-order valence-electron chi connectivity index (χ2n) is 9.78. The van der Waals surface area contributed by atoms with Gasteiger partial charge in [-0.1, -0.05) is 0 Å². The highest BCUT2D eigenvalue weighted by Gasteiger charge is 2.26. The van der Waals surface area contributed by atoms with Crippen LogP contribution in [0.1, 0.15) is 71.8 Å². The van der Waals surface area contributed by atoms with Crippen LogP contribution in [0.2, 0.25) is 0 Å². The first-order chi connectivity index (χ1) is 15.6. The molecule has 0 spiro atoms. The number of rotatable bonds is 8. The molecule has 1 aliphatic heterocycles. The normalized spacial score (nSPS) is 24.0. The lowest BCUT2D eigenvalue weighted by Crippen LogP contribution is -2.39. The molecule has 0 aromatic carbocycles. The first kappa shape index (κ1) is 22.3. The van der Waals surface area contributed by atoms with E-state index >= 15 is 0 Å². The van der Waals surface area contributed by atoms with Gasteiger partial charge >= 0.3 is 0 Å². The molecule has 2 aliphatic carbocycles. The number of aromatic nitrogens is 2. The smallest absolute Gasteiger partial charge is 0.225 e. The summed E-state index contributed by atoms with van der Waals surface area (Å²) in [7, 11) is 0. The molecule has 5 rings (SSSR count). The molecule has 3 heterocycles. The molecule has 0 bridgehead atoms. The van der Waals surface area contributed by atoms with Crippen LogP contribution in [0.25, 0.3) is 0 Å². The van der Waals surface area contributed by atoms with Crippen molar-refractivity contribution in [1.29, 1.82) is 0 Å². The Kier molecular flexibility index (Phi) is 7.09. The molecular formula is C24H35N5OS2. The number of anilines is 1. The first-order valence-corrected chi connectivity index (χ1v) is 13.9. The Hall–Kier alpha value is -1.51. The van der Waals surface area contributed by atoms with Crippen molar-refractivity contribution in [2.24, 2.45) is 5.92 Å². The average Bonchev–Trinajstić information content (AvgIpc) is 3.35. The van der Waals surface area contributed by atoms with Gasteiger partial charge in [-0.3, -0.25) is 9.69 Å². The second kappa shape index (κ2) is 10.2. The van der Waals surface area contributed by atoms with Gasteiger partial charge in [0.25, 0.3) is 0 Å². The van der Waals surface area contributed by atoms with Gasteiger partial charge in [-0.15, -0.1) is 22.7 Å². The summed E-state index contributed by atoms with van der Waals surface area (Å²) in [5.74, 6) is 0.940. The van der Waals surface area contributed by atoms with E-state index in [1.54, 1.807) is 11.3 Å². The summed E-state index contributed by atoms with van der Waals surface area (Å²) in [6, 6.07) is 1.01. The minimum absolute atomic E-state index is 0.149. The summed E-state index contributed by atoms with van der Waals surface area (Å²) in [6.45, 7) is 5.34. The van der Waals surface area contributed by atoms with Crippen molar-refractivity contribution in [3.05, 3.63) is 26.7 Å². The summed E-state index contributed by atoms with van der Waals surface area (Å²) >= 11 is 3.50. The third-order valence-corrected chi connectivity index (χ3v) is 9.31. The van der Waals surface area contributed by atoms with Gasteiger partial charge in [-0.05, 0) is 77.2 Å². The van der Waals surface area contributed by atoms with E-state index in [-0.39, 0.29) is 5.91 Å². The number of carbonyl (C=O) groups excluding carboxylic acids is 1. The zero-order valence-electron chi connectivity index (χ0n) is 19.1. The summed E-state index contributed by atoms with van der Waals surface area (Å²) in [4.78, 5) is 26.6. The zero-order chi connectivity index (χ0) is 21.9. The Labute approximate surface area is 199 Å². The second-order valence-corrected chi connectivity index (χ2v) is 12.2. The lowest BCUT2D eigenvalue weighted by atomic mass is 9.84. The molecule has 0 unspecified atom stereocenters. The van der Waals surface area contributed by atoms with Crippen LogP contribution in [0, 0.1) is 12.8 Å². The fourth-order valence-corrected chi connectivity index (χ4v) is 6.95. The molecular weight excluding hydrogens is 438 g/mol. The van der Waals surface area contributed by atoms with Crippen LogP contribution in [0.3, 0.4) is 0 Å². The number of hydrogen-bond donors (Lipinski definition) is 2. The molecule has 0 saturated heterocycles. The van der Waals surface area contributed by atoms with Crippen molar-refractivity contribution in [2.75, 3.05) is 18.4 Å². The number of nitrogens with zero attached hydrogens (tertiary/aromatic N) is 3. The summed E-state index contributed by atoms with van der Waals surface area (Å²) in [5, 5.41) is 9.05. The number of thiazole rings is 2. The summed E-state index contributed by atoms with van der Waals surface area (Å²) in [6.07, 6.45) is 13.4. The van der Waals surface area contributed by atoms with Crippen molar-refractivity contribution in [3.8, 4) is 0 Å². The number of carbonyl (C=O) groups is 1. The lowest BCUT2D eigenvalue weighted by Gasteiger charge is -2.32. The first-order valence-electron chi connectivity index (χ1n) is 12.3. The predicted octanol–water partition coefficient (Wildman–Crippen LogP) is 4.54. The van der Waals surface area contributed by atoms with E-state index in [2.05, 4.69) is 20.5 Å². The van der Waals surface area contributed by atoms with Gasteiger partial charge in [0.1, 0.15) is 0 Å². The van der Waals surface area contributed by atoms with E-state index in [1.165, 1.54) is 62.2 Å². The van der Waals surface area contributed by atoms with Gasteiger partial charge in [0, 0.05) is 41.1 Å².